The molecule has 1 N–H and O–H groups in total. The average molecular weight is 293 g/mol. The van der Waals surface area contributed by atoms with E-state index in [0.717, 1.165) is 27.6 Å². The summed E-state index contributed by atoms with van der Waals surface area (Å²) >= 11 is 8.02. The summed E-state index contributed by atoms with van der Waals surface area (Å²) in [5.74, 6) is 0. The van der Waals surface area contributed by atoms with E-state index in [1.54, 1.807) is 0 Å². The zero-order chi connectivity index (χ0) is 13.4. The molecule has 1 aliphatic carbocycles. The first-order valence-corrected chi connectivity index (χ1v) is 7.82. The fourth-order valence-corrected chi connectivity index (χ4v) is 3.89. The molecule has 0 saturated heterocycles. The van der Waals surface area contributed by atoms with Crippen molar-refractivity contribution >= 4 is 22.9 Å². The first kappa shape index (κ1) is 13.1. The van der Waals surface area contributed by atoms with E-state index in [9.17, 15) is 0 Å². The van der Waals surface area contributed by atoms with Crippen molar-refractivity contribution in [1.29, 1.82) is 0 Å². The van der Waals surface area contributed by atoms with E-state index >= 15 is 0 Å². The van der Waals surface area contributed by atoms with Crippen LogP contribution in [-0.2, 0) is 6.42 Å². The lowest BCUT2D eigenvalue weighted by molar-refractivity contribution is 0.490. The summed E-state index contributed by atoms with van der Waals surface area (Å²) in [5, 5.41) is 5.27. The van der Waals surface area contributed by atoms with Crippen LogP contribution >= 0.6 is 22.9 Å². The van der Waals surface area contributed by atoms with Gasteiger partial charge in [-0.05, 0) is 44.9 Å². The summed E-state index contributed by atoms with van der Waals surface area (Å²) in [5.41, 5.74) is 3.48. The SMILES string of the molecule is CNC1CCCc2sc(-c3ccc(C)c(Cl)c3)nc21. The minimum atomic E-state index is 0.412. The Morgan fingerprint density at radius 2 is 2.26 bits per heavy atom. The lowest BCUT2D eigenvalue weighted by Gasteiger charge is -2.19. The molecule has 1 aromatic heterocycles. The third-order valence-electron chi connectivity index (χ3n) is 3.72. The van der Waals surface area contributed by atoms with Crippen molar-refractivity contribution in [1.82, 2.24) is 10.3 Å². The fraction of sp³-hybridized carbons (Fsp3) is 0.400. The maximum atomic E-state index is 6.21. The number of rotatable bonds is 2. The Morgan fingerprint density at radius 3 is 3.00 bits per heavy atom. The number of hydrogen-bond donors (Lipinski definition) is 1. The fourth-order valence-electron chi connectivity index (χ4n) is 2.55. The van der Waals surface area contributed by atoms with Gasteiger partial charge in [0.15, 0.2) is 0 Å². The third-order valence-corrected chi connectivity index (χ3v) is 5.31. The van der Waals surface area contributed by atoms with Gasteiger partial charge < -0.3 is 5.32 Å². The van der Waals surface area contributed by atoms with Crippen LogP contribution in [0.15, 0.2) is 18.2 Å². The van der Waals surface area contributed by atoms with Crippen molar-refractivity contribution < 1.29 is 0 Å². The van der Waals surface area contributed by atoms with Crippen molar-refractivity contribution in [3.05, 3.63) is 39.4 Å². The van der Waals surface area contributed by atoms with Crippen molar-refractivity contribution in [2.75, 3.05) is 7.05 Å². The Morgan fingerprint density at radius 1 is 1.42 bits per heavy atom. The standard InChI is InChI=1S/C15H17ClN2S/c1-9-6-7-10(8-11(9)16)15-18-14-12(17-2)4-3-5-13(14)19-15/h6-8,12,17H,3-5H2,1-2H3. The third kappa shape index (κ3) is 2.42. The van der Waals surface area contributed by atoms with Crippen LogP contribution in [0, 0.1) is 6.92 Å². The Kier molecular flexibility index (Phi) is 3.61. The molecule has 0 radical (unpaired) electrons. The van der Waals surface area contributed by atoms with Gasteiger partial charge in [-0.3, -0.25) is 0 Å². The molecule has 1 aliphatic rings. The van der Waals surface area contributed by atoms with E-state index in [4.69, 9.17) is 16.6 Å². The maximum Gasteiger partial charge on any atom is 0.123 e. The molecule has 2 aromatic rings. The summed E-state index contributed by atoms with van der Waals surface area (Å²) in [6, 6.07) is 6.61. The quantitative estimate of drug-likeness (QED) is 0.889. The zero-order valence-corrected chi connectivity index (χ0v) is 12.7. The first-order chi connectivity index (χ1) is 9.19. The highest BCUT2D eigenvalue weighted by atomic mass is 35.5. The molecule has 1 atom stereocenters. The van der Waals surface area contributed by atoms with Crippen molar-refractivity contribution in [2.45, 2.75) is 32.2 Å². The highest BCUT2D eigenvalue weighted by molar-refractivity contribution is 7.15. The number of aromatic nitrogens is 1. The first-order valence-electron chi connectivity index (χ1n) is 6.62. The molecule has 3 rings (SSSR count). The average Bonchev–Trinajstić information content (AvgIpc) is 2.85. The number of aryl methyl sites for hydroxylation is 2. The van der Waals surface area contributed by atoms with Crippen LogP contribution in [0.25, 0.3) is 10.6 Å². The maximum absolute atomic E-state index is 6.21. The number of fused-ring (bicyclic) bond motifs is 1. The molecule has 0 bridgehead atoms. The topological polar surface area (TPSA) is 24.9 Å². The van der Waals surface area contributed by atoms with Gasteiger partial charge >= 0.3 is 0 Å². The largest absolute Gasteiger partial charge is 0.312 e. The lowest BCUT2D eigenvalue weighted by atomic mass is 9.98. The smallest absolute Gasteiger partial charge is 0.123 e. The summed E-state index contributed by atoms with van der Waals surface area (Å²) in [6.45, 7) is 2.02. The van der Waals surface area contributed by atoms with Gasteiger partial charge in [0, 0.05) is 15.5 Å². The summed E-state index contributed by atoms with van der Waals surface area (Å²) in [7, 11) is 2.02. The van der Waals surface area contributed by atoms with Gasteiger partial charge in [0.2, 0.25) is 0 Å². The Bertz CT molecular complexity index is 606. The molecular formula is C15H17ClN2S. The molecule has 0 aliphatic heterocycles. The van der Waals surface area contributed by atoms with Crippen molar-refractivity contribution in [3.63, 3.8) is 0 Å². The Hall–Kier alpha value is -0.900. The molecule has 1 heterocycles. The molecule has 0 saturated carbocycles. The van der Waals surface area contributed by atoms with Gasteiger partial charge in [-0.15, -0.1) is 11.3 Å². The number of thiazole rings is 1. The van der Waals surface area contributed by atoms with E-state index in [-0.39, 0.29) is 0 Å². The molecule has 4 heteroatoms. The molecule has 2 nitrogen and oxygen atoms in total. The highest BCUT2D eigenvalue weighted by Gasteiger charge is 2.23. The molecule has 1 aromatic carbocycles. The van der Waals surface area contributed by atoms with Gasteiger partial charge in [-0.1, -0.05) is 23.7 Å². The molecule has 0 fully saturated rings. The highest BCUT2D eigenvalue weighted by Crippen LogP contribution is 2.37. The Balaban J connectivity index is 2.02. The van der Waals surface area contributed by atoms with E-state index in [2.05, 4.69) is 17.4 Å². The molecule has 0 amide bonds. The van der Waals surface area contributed by atoms with Crippen LogP contribution < -0.4 is 5.32 Å². The second-order valence-electron chi connectivity index (χ2n) is 5.02. The molecule has 0 spiro atoms. The lowest BCUT2D eigenvalue weighted by Crippen LogP contribution is -2.21. The monoisotopic (exact) mass is 292 g/mol. The summed E-state index contributed by atoms with van der Waals surface area (Å²) in [4.78, 5) is 6.27. The van der Waals surface area contributed by atoms with Gasteiger partial charge in [0.1, 0.15) is 5.01 Å². The molecule has 19 heavy (non-hydrogen) atoms. The van der Waals surface area contributed by atoms with Crippen LogP contribution in [-0.4, -0.2) is 12.0 Å². The second-order valence-corrected chi connectivity index (χ2v) is 6.52. The number of nitrogens with zero attached hydrogens (tertiary/aromatic N) is 1. The van der Waals surface area contributed by atoms with Crippen molar-refractivity contribution in [3.8, 4) is 10.6 Å². The van der Waals surface area contributed by atoms with Gasteiger partial charge in [-0.2, -0.15) is 0 Å². The predicted molar refractivity (Wildman–Crippen MR) is 82.0 cm³/mol. The number of hydrogen-bond acceptors (Lipinski definition) is 3. The number of halogens is 1. The minimum Gasteiger partial charge on any atom is -0.312 e. The minimum absolute atomic E-state index is 0.412. The van der Waals surface area contributed by atoms with Crippen molar-refractivity contribution in [2.24, 2.45) is 0 Å². The van der Waals surface area contributed by atoms with E-state index in [1.165, 1.54) is 23.4 Å². The van der Waals surface area contributed by atoms with Crippen LogP contribution in [0.1, 0.15) is 35.0 Å². The predicted octanol–water partition coefficient (Wildman–Crippen LogP) is 4.37. The molecule has 100 valence electrons. The van der Waals surface area contributed by atoms with Crippen LogP contribution in [0.3, 0.4) is 0 Å². The number of benzene rings is 1. The van der Waals surface area contributed by atoms with E-state index in [1.807, 2.05) is 31.4 Å². The zero-order valence-electron chi connectivity index (χ0n) is 11.2. The Labute approximate surface area is 122 Å². The second kappa shape index (κ2) is 5.23. The van der Waals surface area contributed by atoms with Gasteiger partial charge in [-0.25, -0.2) is 4.98 Å². The van der Waals surface area contributed by atoms with E-state index in [0.29, 0.717) is 6.04 Å². The van der Waals surface area contributed by atoms with E-state index < -0.39 is 0 Å². The molecular weight excluding hydrogens is 276 g/mol. The molecule has 1 unspecified atom stereocenters. The number of nitrogens with one attached hydrogen (secondary N) is 1. The van der Waals surface area contributed by atoms with Crippen LogP contribution in [0.2, 0.25) is 5.02 Å². The summed E-state index contributed by atoms with van der Waals surface area (Å²) < 4.78 is 0. The van der Waals surface area contributed by atoms with Gasteiger partial charge in [0.25, 0.3) is 0 Å². The van der Waals surface area contributed by atoms with Gasteiger partial charge in [0.05, 0.1) is 11.7 Å². The van der Waals surface area contributed by atoms with Crippen LogP contribution in [0.4, 0.5) is 0 Å². The van der Waals surface area contributed by atoms with Crippen LogP contribution in [0.5, 0.6) is 0 Å². The summed E-state index contributed by atoms with van der Waals surface area (Å²) in [6.07, 6.45) is 3.58. The normalized spacial score (nSPS) is 18.4.